The second-order valence-electron chi connectivity index (χ2n) is 13.8. The van der Waals surface area contributed by atoms with Crippen LogP contribution >= 0.6 is 15.6 Å². The predicted octanol–water partition coefficient (Wildman–Crippen LogP) is -1.42. The van der Waals surface area contributed by atoms with Crippen molar-refractivity contribution in [3.8, 4) is 0 Å². The standard InChI is InChI=1S/C30H42N8O17P2/c1-3-4-5-6-14-7-9-15(10-8-14)16-11-38(2,36-35-16)12-17-19(39)21(41)24(43)30(45,52-17)53-28(54-57(49,50)55-56(46,47)48)23-20(40)22(42)27(51-23)37-13-32-18-25(37)33-29(31)34-26(18)44/h7-11,13,17,19-24,27-28,39-43,45H,3-6,12H2,1-2H3,(H5-,31,33,34,44,46,47,48,49,50)/p+1/t17-,19+,20-,21+,22+,23-,24-,27+,28?,30-,38?/m0/s1. The number of hydrogen-bond donors (Lipinski definition) is 11. The first-order valence-electron chi connectivity index (χ1n) is 17.4. The molecule has 2 aromatic heterocycles. The van der Waals surface area contributed by atoms with Gasteiger partial charge in [-0.25, -0.2) is 14.1 Å². The summed E-state index contributed by atoms with van der Waals surface area (Å²) in [5.74, 6) is -3.94. The number of rotatable bonds is 15. The summed E-state index contributed by atoms with van der Waals surface area (Å²) < 4.78 is 50.0. The number of phosphoric acid groups is 2. The van der Waals surface area contributed by atoms with Gasteiger partial charge in [-0.05, 0) is 18.4 Å². The Balaban J connectivity index is 1.27. The van der Waals surface area contributed by atoms with Crippen LogP contribution in [0.15, 0.2) is 51.9 Å². The lowest BCUT2D eigenvalue weighted by Gasteiger charge is -2.46. The van der Waals surface area contributed by atoms with Gasteiger partial charge in [-0.15, -0.1) is 0 Å². The van der Waals surface area contributed by atoms with Crippen molar-refractivity contribution < 1.29 is 82.1 Å². The van der Waals surface area contributed by atoms with Gasteiger partial charge in [-0.1, -0.05) is 49.1 Å². The highest BCUT2D eigenvalue weighted by Crippen LogP contribution is 2.59. The molecule has 0 saturated carbocycles. The Labute approximate surface area is 321 Å². The molecule has 1 aromatic carbocycles. The van der Waals surface area contributed by atoms with Crippen LogP contribution in [-0.2, 0) is 38.6 Å². The number of unbranched alkanes of at least 4 members (excludes halogenated alkanes) is 2. The minimum Gasteiger partial charge on any atom is -0.387 e. The summed E-state index contributed by atoms with van der Waals surface area (Å²) in [6, 6.07) is 7.64. The van der Waals surface area contributed by atoms with Crippen molar-refractivity contribution in [3.63, 3.8) is 0 Å². The molecule has 6 rings (SSSR count). The van der Waals surface area contributed by atoms with E-state index >= 15 is 0 Å². The molecule has 3 aliphatic rings. The normalized spacial score (nSPS) is 33.4. The summed E-state index contributed by atoms with van der Waals surface area (Å²) in [5, 5.41) is 74.9. The van der Waals surface area contributed by atoms with Crippen LogP contribution in [0.4, 0.5) is 5.95 Å². The first kappa shape index (κ1) is 43.2. The first-order chi connectivity index (χ1) is 26.6. The SMILES string of the molecule is CCCCCc1ccc(C2=C[N+](C)(C[C@@H]3O[C@](O)(OC(OP(=O)(O)OP(=O)(O)O)[C@H]4O[C@@H](n5cnc6c(=O)[nH]c(N)nc65)[C@H](O)[C@@H]4O)[C@@H](O)[C@H](O)[C@@H]3O)N=N2)cc1. The lowest BCUT2D eigenvalue weighted by atomic mass is 9.96. The van der Waals surface area contributed by atoms with E-state index in [1.807, 2.05) is 24.3 Å². The van der Waals surface area contributed by atoms with Crippen LogP contribution in [0.25, 0.3) is 16.9 Å². The van der Waals surface area contributed by atoms with E-state index in [0.29, 0.717) is 11.3 Å². The monoisotopic (exact) mass is 849 g/mol. The van der Waals surface area contributed by atoms with Crippen molar-refractivity contribution in [2.24, 2.45) is 10.3 Å². The summed E-state index contributed by atoms with van der Waals surface area (Å²) in [7, 11) is -10.3. The zero-order valence-electron chi connectivity index (χ0n) is 30.1. The number of aryl methyl sites for hydroxylation is 1. The Morgan fingerprint density at radius 3 is 2.42 bits per heavy atom. The number of aliphatic hydroxyl groups excluding tert-OH is 5. The minimum atomic E-state index is -6.00. The second kappa shape index (κ2) is 16.3. The average Bonchev–Trinajstić information content (AvgIpc) is 3.80. The highest BCUT2D eigenvalue weighted by atomic mass is 31.3. The van der Waals surface area contributed by atoms with Crippen LogP contribution in [-0.4, -0.2) is 138 Å². The fraction of sp³-hybridized carbons (Fsp3) is 0.567. The maximum absolute atomic E-state index is 12.8. The van der Waals surface area contributed by atoms with Crippen molar-refractivity contribution in [2.45, 2.75) is 93.8 Å². The molecule has 2 fully saturated rings. The largest absolute Gasteiger partial charge is 0.483 e. The third-order valence-electron chi connectivity index (χ3n) is 9.37. The predicted molar refractivity (Wildman–Crippen MR) is 189 cm³/mol. The highest BCUT2D eigenvalue weighted by Gasteiger charge is 2.60. The number of aliphatic hydroxyl groups is 6. The molecule has 3 aromatic rings. The van der Waals surface area contributed by atoms with Gasteiger partial charge in [0.1, 0.15) is 43.2 Å². The number of ether oxygens (including phenoxy) is 3. The van der Waals surface area contributed by atoms with E-state index in [1.54, 1.807) is 6.20 Å². The zero-order chi connectivity index (χ0) is 41.7. The molecule has 0 amide bonds. The van der Waals surface area contributed by atoms with E-state index in [4.69, 9.17) is 24.5 Å². The maximum Gasteiger partial charge on any atom is 0.483 e. The zero-order valence-corrected chi connectivity index (χ0v) is 31.9. The molecule has 27 heteroatoms. The molecule has 314 valence electrons. The Kier molecular flexibility index (Phi) is 12.4. The Hall–Kier alpha value is -3.43. The average molecular weight is 850 g/mol. The number of nitrogens with zero attached hydrogens (tertiary/aromatic N) is 6. The van der Waals surface area contributed by atoms with E-state index in [2.05, 4.69) is 36.5 Å². The number of anilines is 1. The number of benzene rings is 1. The number of aromatic amines is 1. The molecular formula is C30H43N8O17P2+. The van der Waals surface area contributed by atoms with E-state index in [-0.39, 0.29) is 17.1 Å². The van der Waals surface area contributed by atoms with Crippen LogP contribution < -0.4 is 11.3 Å². The molecule has 5 heterocycles. The summed E-state index contributed by atoms with van der Waals surface area (Å²) >= 11 is 0. The lowest BCUT2D eigenvalue weighted by molar-refractivity contribution is -0.872. The number of imidazole rings is 1. The third-order valence-corrected chi connectivity index (χ3v) is 11.5. The summed E-state index contributed by atoms with van der Waals surface area (Å²) in [5.41, 5.74) is 6.53. The minimum absolute atomic E-state index is 0.277. The number of fused-ring (bicyclic) bond motifs is 1. The van der Waals surface area contributed by atoms with Crippen LogP contribution in [0, 0.1) is 0 Å². The third kappa shape index (κ3) is 9.40. The molecule has 57 heavy (non-hydrogen) atoms. The Morgan fingerprint density at radius 1 is 1.05 bits per heavy atom. The van der Waals surface area contributed by atoms with Crippen molar-refractivity contribution in [3.05, 3.63) is 58.3 Å². The summed E-state index contributed by atoms with van der Waals surface area (Å²) in [6.07, 6.45) is -13.0. The molecule has 25 nitrogen and oxygen atoms in total. The van der Waals surface area contributed by atoms with E-state index in [1.165, 1.54) is 7.05 Å². The molecule has 3 aliphatic heterocycles. The second-order valence-corrected chi connectivity index (χ2v) is 16.6. The number of quaternary nitrogens is 1. The van der Waals surface area contributed by atoms with Gasteiger partial charge in [0.05, 0.1) is 13.4 Å². The van der Waals surface area contributed by atoms with Crippen LogP contribution in [0.1, 0.15) is 43.5 Å². The molecular weight excluding hydrogens is 806 g/mol. The quantitative estimate of drug-likeness (QED) is 0.0361. The number of nitrogens with two attached hydrogens (primary N) is 1. The summed E-state index contributed by atoms with van der Waals surface area (Å²) in [6.45, 7) is 1.71. The molecule has 0 aliphatic carbocycles. The van der Waals surface area contributed by atoms with Gasteiger partial charge < -0.3 is 60.5 Å². The van der Waals surface area contributed by atoms with Gasteiger partial charge in [-0.2, -0.15) is 13.9 Å². The lowest BCUT2D eigenvalue weighted by Crippen LogP contribution is -2.68. The van der Waals surface area contributed by atoms with Crippen molar-refractivity contribution >= 4 is 38.5 Å². The number of aromatic nitrogens is 4. The fourth-order valence-corrected chi connectivity index (χ4v) is 8.22. The Bertz CT molecular complexity index is 2150. The van der Waals surface area contributed by atoms with Crippen molar-refractivity contribution in [1.82, 2.24) is 19.5 Å². The molecule has 3 unspecified atom stereocenters. The number of nitrogens with one attached hydrogen (secondary N) is 1. The van der Waals surface area contributed by atoms with Gasteiger partial charge in [0.25, 0.3) is 5.56 Å². The van der Waals surface area contributed by atoms with Gasteiger partial charge >= 0.3 is 21.6 Å². The molecule has 12 atom stereocenters. The number of phosphoric ester groups is 1. The van der Waals surface area contributed by atoms with E-state index < -0.39 is 93.6 Å². The van der Waals surface area contributed by atoms with Gasteiger partial charge in [0.2, 0.25) is 12.2 Å². The summed E-state index contributed by atoms with van der Waals surface area (Å²) in [4.78, 5) is 51.0. The van der Waals surface area contributed by atoms with Gasteiger partial charge in [-0.3, -0.25) is 23.6 Å². The molecule has 2 saturated heterocycles. The molecule has 0 radical (unpaired) electrons. The van der Waals surface area contributed by atoms with Crippen molar-refractivity contribution in [1.29, 1.82) is 0 Å². The smallest absolute Gasteiger partial charge is 0.387 e. The molecule has 0 bridgehead atoms. The van der Waals surface area contributed by atoms with Gasteiger partial charge in [0, 0.05) is 10.8 Å². The van der Waals surface area contributed by atoms with Crippen LogP contribution in [0.3, 0.4) is 0 Å². The van der Waals surface area contributed by atoms with E-state index in [9.17, 15) is 59.2 Å². The van der Waals surface area contributed by atoms with Crippen LogP contribution in [0.2, 0.25) is 0 Å². The fourth-order valence-electron chi connectivity index (χ4n) is 6.56. The van der Waals surface area contributed by atoms with Crippen LogP contribution in [0.5, 0.6) is 0 Å². The number of nitrogen functional groups attached to an aromatic ring is 1. The van der Waals surface area contributed by atoms with Gasteiger partial charge in [0.15, 0.2) is 35.4 Å². The maximum atomic E-state index is 12.8. The molecule has 12 N–H and O–H groups in total. The Morgan fingerprint density at radius 2 is 1.75 bits per heavy atom. The first-order valence-corrected chi connectivity index (χ1v) is 20.4. The van der Waals surface area contributed by atoms with Crippen molar-refractivity contribution in [2.75, 3.05) is 19.3 Å². The number of hydrogen-bond acceptors (Lipinski definition) is 19. The number of H-pyrrole nitrogens is 1. The number of likely N-dealkylation sites (N-methyl/N-ethyl adjacent to an activating group) is 1. The molecule has 0 spiro atoms. The highest BCUT2D eigenvalue weighted by molar-refractivity contribution is 7.60. The van der Waals surface area contributed by atoms with E-state index in [0.717, 1.165) is 42.1 Å². The topological polar surface area (TPSA) is 377 Å².